The molecule has 0 rings (SSSR count). The van der Waals surface area contributed by atoms with Crippen LogP contribution in [-0.4, -0.2) is 68.4 Å². The molecule has 0 aliphatic carbocycles. The minimum atomic E-state index is -4.07. The average molecular weight is 389 g/mol. The van der Waals surface area contributed by atoms with Crippen molar-refractivity contribution in [2.75, 3.05) is 24.6 Å². The van der Waals surface area contributed by atoms with Crippen LogP contribution in [-0.2, 0) is 29.8 Å². The van der Waals surface area contributed by atoms with Crippen molar-refractivity contribution in [1.29, 1.82) is 0 Å². The maximum atomic E-state index is 11.6. The number of rotatable bonds is 12. The lowest BCUT2D eigenvalue weighted by molar-refractivity contribution is -0.123. The molecule has 6 N–H and O–H groups in total. The van der Waals surface area contributed by atoms with Crippen molar-refractivity contribution in [3.8, 4) is 0 Å². The molecule has 0 aromatic rings. The second-order valence-corrected chi connectivity index (χ2v) is 8.21. The SMILES string of the molecule is N[C@@H](CCC(=O)NCCCS(=O)(=O)O)C(=O)NCCCS(=O)(=O)O. The van der Waals surface area contributed by atoms with Crippen LogP contribution in [0.4, 0.5) is 0 Å². The van der Waals surface area contributed by atoms with E-state index in [4.69, 9.17) is 14.8 Å². The summed E-state index contributed by atoms with van der Waals surface area (Å²) in [5.74, 6) is -1.91. The second kappa shape index (κ2) is 10.6. The Labute approximate surface area is 140 Å². The van der Waals surface area contributed by atoms with Crippen LogP contribution in [0.1, 0.15) is 25.7 Å². The first-order valence-electron chi connectivity index (χ1n) is 7.11. The highest BCUT2D eigenvalue weighted by Crippen LogP contribution is 1.96. The summed E-state index contributed by atoms with van der Waals surface area (Å²) in [6.45, 7) is 0.0871. The molecule has 142 valence electrons. The first-order chi connectivity index (χ1) is 10.9. The molecule has 0 aliphatic heterocycles. The van der Waals surface area contributed by atoms with Crippen molar-refractivity contribution >= 4 is 32.1 Å². The number of nitrogens with one attached hydrogen (secondary N) is 2. The van der Waals surface area contributed by atoms with Gasteiger partial charge in [0.1, 0.15) is 0 Å². The molecular weight excluding hydrogens is 366 g/mol. The van der Waals surface area contributed by atoms with Gasteiger partial charge in [-0.3, -0.25) is 18.7 Å². The molecule has 0 aromatic heterocycles. The van der Waals surface area contributed by atoms with E-state index in [1.54, 1.807) is 0 Å². The smallest absolute Gasteiger partial charge is 0.264 e. The Bertz CT molecular complexity index is 617. The highest BCUT2D eigenvalue weighted by molar-refractivity contribution is 7.86. The Morgan fingerprint density at radius 3 is 1.83 bits per heavy atom. The average Bonchev–Trinajstić information content (AvgIpc) is 2.43. The molecule has 0 radical (unpaired) electrons. The summed E-state index contributed by atoms with van der Waals surface area (Å²) in [5, 5.41) is 4.80. The van der Waals surface area contributed by atoms with Gasteiger partial charge in [0, 0.05) is 19.5 Å². The predicted molar refractivity (Wildman–Crippen MR) is 85.3 cm³/mol. The lowest BCUT2D eigenvalue weighted by atomic mass is 10.1. The van der Waals surface area contributed by atoms with Crippen molar-refractivity contribution in [1.82, 2.24) is 10.6 Å². The van der Waals surface area contributed by atoms with Crippen LogP contribution in [0.5, 0.6) is 0 Å². The molecule has 0 saturated carbocycles. The van der Waals surface area contributed by atoms with Crippen LogP contribution in [0, 0.1) is 0 Å². The van der Waals surface area contributed by atoms with Crippen molar-refractivity contribution < 1.29 is 35.5 Å². The molecule has 2 amide bonds. The lowest BCUT2D eigenvalue weighted by Crippen LogP contribution is -2.42. The molecule has 0 saturated heterocycles. The van der Waals surface area contributed by atoms with Gasteiger partial charge in [0.25, 0.3) is 20.2 Å². The number of carbonyl (C=O) groups excluding carboxylic acids is 2. The fraction of sp³-hybridized carbons (Fsp3) is 0.818. The molecular formula is C11H23N3O8S2. The van der Waals surface area contributed by atoms with Crippen LogP contribution >= 0.6 is 0 Å². The molecule has 11 nitrogen and oxygen atoms in total. The Balaban J connectivity index is 3.84. The van der Waals surface area contributed by atoms with Crippen molar-refractivity contribution in [3.05, 3.63) is 0 Å². The van der Waals surface area contributed by atoms with Crippen LogP contribution in [0.3, 0.4) is 0 Å². The minimum absolute atomic E-state index is 0.0220. The molecule has 0 unspecified atom stereocenters. The molecule has 1 atom stereocenters. The zero-order chi connectivity index (χ0) is 18.8. The maximum Gasteiger partial charge on any atom is 0.264 e. The molecule has 13 heteroatoms. The zero-order valence-corrected chi connectivity index (χ0v) is 14.6. The summed E-state index contributed by atoms with van der Waals surface area (Å²) in [6.07, 6.45) is 0.0934. The fourth-order valence-electron chi connectivity index (χ4n) is 1.59. The number of amides is 2. The Kier molecular flexibility index (Phi) is 9.99. The van der Waals surface area contributed by atoms with Crippen molar-refractivity contribution in [2.45, 2.75) is 31.7 Å². The van der Waals surface area contributed by atoms with Gasteiger partial charge in [0.15, 0.2) is 0 Å². The number of nitrogens with two attached hydrogens (primary N) is 1. The maximum absolute atomic E-state index is 11.6. The monoisotopic (exact) mass is 389 g/mol. The van der Waals surface area contributed by atoms with Gasteiger partial charge in [-0.05, 0) is 19.3 Å². The van der Waals surface area contributed by atoms with Gasteiger partial charge < -0.3 is 16.4 Å². The summed E-state index contributed by atoms with van der Waals surface area (Å²) in [5.41, 5.74) is 5.57. The summed E-state index contributed by atoms with van der Waals surface area (Å²) in [6, 6.07) is -0.959. The topological polar surface area (TPSA) is 193 Å². The van der Waals surface area contributed by atoms with Crippen LogP contribution < -0.4 is 16.4 Å². The zero-order valence-electron chi connectivity index (χ0n) is 13.0. The normalized spacial score (nSPS) is 13.3. The van der Waals surface area contributed by atoms with Gasteiger partial charge in [-0.25, -0.2) is 0 Å². The summed E-state index contributed by atoms with van der Waals surface area (Å²) in [7, 11) is -8.13. The van der Waals surface area contributed by atoms with E-state index >= 15 is 0 Å². The lowest BCUT2D eigenvalue weighted by Gasteiger charge is -2.12. The summed E-state index contributed by atoms with van der Waals surface area (Å²) < 4.78 is 58.9. The van der Waals surface area contributed by atoms with E-state index < -0.39 is 49.6 Å². The molecule has 0 spiro atoms. The summed E-state index contributed by atoms with van der Waals surface area (Å²) >= 11 is 0. The largest absolute Gasteiger partial charge is 0.356 e. The quantitative estimate of drug-likeness (QED) is 0.183. The Hall–Kier alpha value is -1.28. The molecule has 0 aliphatic rings. The standard InChI is InChI=1S/C11H23N3O8S2/c12-9(11(16)14-6-2-8-24(20,21)22)3-4-10(15)13-5-1-7-23(17,18)19/h9H,1-8,12H2,(H,13,15)(H,14,16)(H,17,18,19)(H,20,21,22)/t9-/m0/s1. The van der Waals surface area contributed by atoms with Gasteiger partial charge in [-0.1, -0.05) is 0 Å². The molecule has 0 bridgehead atoms. The van der Waals surface area contributed by atoms with Gasteiger partial charge in [-0.15, -0.1) is 0 Å². The van der Waals surface area contributed by atoms with E-state index in [-0.39, 0.29) is 38.8 Å². The first kappa shape index (κ1) is 22.7. The third kappa shape index (κ3) is 14.3. The van der Waals surface area contributed by atoms with Crippen LogP contribution in [0.2, 0.25) is 0 Å². The van der Waals surface area contributed by atoms with E-state index in [9.17, 15) is 26.4 Å². The fourth-order valence-corrected chi connectivity index (χ4v) is 2.60. The van der Waals surface area contributed by atoms with Gasteiger partial charge in [0.05, 0.1) is 17.5 Å². The molecule has 0 heterocycles. The third-order valence-electron chi connectivity index (χ3n) is 2.80. The van der Waals surface area contributed by atoms with Crippen LogP contribution in [0.25, 0.3) is 0 Å². The minimum Gasteiger partial charge on any atom is -0.356 e. The highest BCUT2D eigenvalue weighted by Gasteiger charge is 2.15. The first-order valence-corrected chi connectivity index (χ1v) is 10.3. The van der Waals surface area contributed by atoms with Gasteiger partial charge >= 0.3 is 0 Å². The molecule has 24 heavy (non-hydrogen) atoms. The predicted octanol–water partition coefficient (Wildman–Crippen LogP) is -2.12. The third-order valence-corrected chi connectivity index (χ3v) is 4.41. The number of hydrogen-bond donors (Lipinski definition) is 5. The van der Waals surface area contributed by atoms with E-state index in [1.165, 1.54) is 0 Å². The second-order valence-electron chi connectivity index (χ2n) is 5.07. The van der Waals surface area contributed by atoms with E-state index in [2.05, 4.69) is 10.6 Å². The van der Waals surface area contributed by atoms with Gasteiger partial charge in [0.2, 0.25) is 11.8 Å². The van der Waals surface area contributed by atoms with E-state index in [1.807, 2.05) is 0 Å². The van der Waals surface area contributed by atoms with Gasteiger partial charge in [-0.2, -0.15) is 16.8 Å². The Morgan fingerprint density at radius 1 is 0.917 bits per heavy atom. The molecule has 0 fully saturated rings. The number of carbonyl (C=O) groups is 2. The van der Waals surface area contributed by atoms with Crippen LogP contribution in [0.15, 0.2) is 0 Å². The van der Waals surface area contributed by atoms with Crippen molar-refractivity contribution in [3.63, 3.8) is 0 Å². The van der Waals surface area contributed by atoms with E-state index in [0.29, 0.717) is 0 Å². The Morgan fingerprint density at radius 2 is 1.38 bits per heavy atom. The van der Waals surface area contributed by atoms with Crippen molar-refractivity contribution in [2.24, 2.45) is 5.73 Å². The van der Waals surface area contributed by atoms with E-state index in [0.717, 1.165) is 0 Å². The molecule has 0 aromatic carbocycles. The summed E-state index contributed by atoms with van der Waals surface area (Å²) in [4.78, 5) is 23.0. The highest BCUT2D eigenvalue weighted by atomic mass is 32.2. The number of hydrogen-bond acceptors (Lipinski definition) is 7.